The fraction of sp³-hybridized carbons (Fsp3) is 0.400. The molecule has 1 aromatic carbocycles. The van der Waals surface area contributed by atoms with Gasteiger partial charge in [0.05, 0.1) is 5.60 Å². The third-order valence-corrected chi connectivity index (χ3v) is 3.29. The van der Waals surface area contributed by atoms with Crippen molar-refractivity contribution in [1.82, 2.24) is 5.32 Å². The van der Waals surface area contributed by atoms with E-state index in [-0.39, 0.29) is 0 Å². The summed E-state index contributed by atoms with van der Waals surface area (Å²) >= 11 is 9.40. The van der Waals surface area contributed by atoms with E-state index in [0.717, 1.165) is 10.0 Å². The number of aliphatic hydroxyl groups is 1. The van der Waals surface area contributed by atoms with Crippen LogP contribution < -0.4 is 5.32 Å². The zero-order valence-electron chi connectivity index (χ0n) is 7.56. The molecule has 2 rings (SSSR count). The van der Waals surface area contributed by atoms with E-state index in [1.54, 1.807) is 0 Å². The molecule has 0 aromatic heterocycles. The minimum atomic E-state index is -0.600. The summed E-state index contributed by atoms with van der Waals surface area (Å²) in [5.41, 5.74) is 0.399. The van der Waals surface area contributed by atoms with Crippen molar-refractivity contribution in [3.8, 4) is 0 Å². The van der Waals surface area contributed by atoms with Crippen molar-refractivity contribution in [1.29, 1.82) is 0 Å². The largest absolute Gasteiger partial charge is 0.387 e. The first kappa shape index (κ1) is 10.4. The van der Waals surface area contributed by atoms with Crippen molar-refractivity contribution in [2.75, 3.05) is 13.1 Å². The van der Waals surface area contributed by atoms with E-state index in [1.807, 2.05) is 18.2 Å². The fourth-order valence-corrected chi connectivity index (χ4v) is 2.30. The van der Waals surface area contributed by atoms with Crippen molar-refractivity contribution in [3.63, 3.8) is 0 Å². The molecule has 2 nitrogen and oxygen atoms in total. The summed E-state index contributed by atoms with van der Waals surface area (Å²) in [4.78, 5) is 0. The molecule has 1 aliphatic rings. The molecule has 0 spiro atoms. The first-order valence-corrected chi connectivity index (χ1v) is 5.63. The Morgan fingerprint density at radius 1 is 1.50 bits per heavy atom. The Bertz CT molecular complexity index is 352. The summed E-state index contributed by atoms with van der Waals surface area (Å²) < 4.78 is 0.963. The summed E-state index contributed by atoms with van der Waals surface area (Å²) in [5, 5.41) is 13.7. The Kier molecular flexibility index (Phi) is 2.84. The summed E-state index contributed by atoms with van der Waals surface area (Å²) in [7, 11) is 0. The van der Waals surface area contributed by atoms with Crippen LogP contribution in [0.15, 0.2) is 22.7 Å². The van der Waals surface area contributed by atoms with E-state index in [9.17, 15) is 5.11 Å². The third kappa shape index (κ3) is 2.11. The molecule has 0 saturated carbocycles. The molecule has 0 atom stereocenters. The molecular weight excluding hydrogens is 265 g/mol. The van der Waals surface area contributed by atoms with Crippen LogP contribution in [0, 0.1) is 0 Å². The van der Waals surface area contributed by atoms with Crippen molar-refractivity contribution in [2.24, 2.45) is 0 Å². The number of hydrogen-bond donors (Lipinski definition) is 2. The third-order valence-electron chi connectivity index (χ3n) is 2.44. The average molecular weight is 277 g/mol. The van der Waals surface area contributed by atoms with Crippen molar-refractivity contribution in [2.45, 2.75) is 12.0 Å². The van der Waals surface area contributed by atoms with Gasteiger partial charge in [-0.1, -0.05) is 33.6 Å². The predicted molar refractivity (Wildman–Crippen MR) is 60.7 cm³/mol. The highest BCUT2D eigenvalue weighted by Crippen LogP contribution is 2.26. The smallest absolute Gasteiger partial charge is 0.0935 e. The van der Waals surface area contributed by atoms with Gasteiger partial charge in [-0.2, -0.15) is 0 Å². The van der Waals surface area contributed by atoms with Crippen LogP contribution in [0.1, 0.15) is 5.56 Å². The topological polar surface area (TPSA) is 32.3 Å². The SMILES string of the molecule is OC1(Cc2ccc(Br)cc2Cl)CNC1. The Morgan fingerprint density at radius 2 is 2.21 bits per heavy atom. The minimum absolute atomic E-state index is 0.600. The Labute approximate surface area is 96.4 Å². The highest BCUT2D eigenvalue weighted by Gasteiger charge is 2.34. The molecule has 0 amide bonds. The highest BCUT2D eigenvalue weighted by atomic mass is 79.9. The molecule has 4 heteroatoms. The van der Waals surface area contributed by atoms with E-state index >= 15 is 0 Å². The number of rotatable bonds is 2. The lowest BCUT2D eigenvalue weighted by Gasteiger charge is -2.37. The second-order valence-corrected chi connectivity index (χ2v) is 5.06. The van der Waals surface area contributed by atoms with Crippen LogP contribution in [0.4, 0.5) is 0 Å². The van der Waals surface area contributed by atoms with E-state index in [4.69, 9.17) is 11.6 Å². The molecule has 2 N–H and O–H groups in total. The lowest BCUT2D eigenvalue weighted by Crippen LogP contribution is -2.60. The molecule has 14 heavy (non-hydrogen) atoms. The average Bonchev–Trinajstić information content (AvgIpc) is 2.07. The maximum atomic E-state index is 9.92. The van der Waals surface area contributed by atoms with Crippen molar-refractivity contribution >= 4 is 27.5 Å². The van der Waals surface area contributed by atoms with Gasteiger partial charge in [-0.3, -0.25) is 0 Å². The van der Waals surface area contributed by atoms with Gasteiger partial charge in [0.1, 0.15) is 0 Å². The molecule has 1 saturated heterocycles. The van der Waals surface area contributed by atoms with Crippen LogP contribution >= 0.6 is 27.5 Å². The van der Waals surface area contributed by atoms with Crippen LogP contribution in [-0.4, -0.2) is 23.8 Å². The second kappa shape index (κ2) is 3.81. The quantitative estimate of drug-likeness (QED) is 0.866. The van der Waals surface area contributed by atoms with Crippen LogP contribution in [0.2, 0.25) is 5.02 Å². The predicted octanol–water partition coefficient (Wildman–Crippen LogP) is 1.98. The fourth-order valence-electron chi connectivity index (χ4n) is 1.56. The van der Waals surface area contributed by atoms with Gasteiger partial charge in [-0.15, -0.1) is 0 Å². The number of β-amino-alcohol motifs (C(OH)–C–C–N with tert-alkyl or cyclic N) is 1. The number of halogens is 2. The molecule has 1 aromatic rings. The van der Waals surface area contributed by atoms with E-state index in [1.165, 1.54) is 0 Å². The molecule has 1 fully saturated rings. The van der Waals surface area contributed by atoms with Gasteiger partial charge in [-0.05, 0) is 17.7 Å². The molecule has 1 heterocycles. The van der Waals surface area contributed by atoms with Crippen molar-refractivity contribution < 1.29 is 5.11 Å². The lowest BCUT2D eigenvalue weighted by molar-refractivity contribution is -0.00900. The first-order chi connectivity index (χ1) is 6.59. The molecular formula is C10H11BrClNO. The lowest BCUT2D eigenvalue weighted by atomic mass is 9.89. The van der Waals surface area contributed by atoms with Gasteiger partial charge < -0.3 is 10.4 Å². The zero-order chi connectivity index (χ0) is 10.2. The highest BCUT2D eigenvalue weighted by molar-refractivity contribution is 9.10. The van der Waals surface area contributed by atoms with E-state index < -0.39 is 5.60 Å². The molecule has 0 unspecified atom stereocenters. The van der Waals surface area contributed by atoms with Gasteiger partial charge in [0.25, 0.3) is 0 Å². The summed E-state index contributed by atoms with van der Waals surface area (Å²) in [6.45, 7) is 1.30. The number of nitrogens with one attached hydrogen (secondary N) is 1. The molecule has 0 radical (unpaired) electrons. The van der Waals surface area contributed by atoms with Gasteiger partial charge in [0, 0.05) is 29.0 Å². The summed E-state index contributed by atoms with van der Waals surface area (Å²) in [5.74, 6) is 0. The molecule has 76 valence electrons. The zero-order valence-corrected chi connectivity index (χ0v) is 9.90. The molecule has 0 bridgehead atoms. The van der Waals surface area contributed by atoms with Crippen LogP contribution in [0.5, 0.6) is 0 Å². The van der Waals surface area contributed by atoms with Gasteiger partial charge >= 0.3 is 0 Å². The van der Waals surface area contributed by atoms with E-state index in [0.29, 0.717) is 24.5 Å². The summed E-state index contributed by atoms with van der Waals surface area (Å²) in [6.07, 6.45) is 0.617. The Morgan fingerprint density at radius 3 is 2.71 bits per heavy atom. The minimum Gasteiger partial charge on any atom is -0.387 e. The maximum Gasteiger partial charge on any atom is 0.0935 e. The summed E-state index contributed by atoms with van der Waals surface area (Å²) in [6, 6.07) is 5.74. The monoisotopic (exact) mass is 275 g/mol. The van der Waals surface area contributed by atoms with Gasteiger partial charge in [-0.25, -0.2) is 0 Å². The maximum absolute atomic E-state index is 9.92. The van der Waals surface area contributed by atoms with Crippen LogP contribution in [0.25, 0.3) is 0 Å². The Balaban J connectivity index is 2.16. The second-order valence-electron chi connectivity index (χ2n) is 3.74. The normalized spacial score (nSPS) is 19.1. The van der Waals surface area contributed by atoms with E-state index in [2.05, 4.69) is 21.2 Å². The van der Waals surface area contributed by atoms with Gasteiger partial charge in [0.2, 0.25) is 0 Å². The van der Waals surface area contributed by atoms with Crippen LogP contribution in [-0.2, 0) is 6.42 Å². The molecule has 0 aliphatic carbocycles. The molecule has 1 aliphatic heterocycles. The van der Waals surface area contributed by atoms with Gasteiger partial charge in [0.15, 0.2) is 0 Å². The first-order valence-electron chi connectivity index (χ1n) is 4.46. The number of hydrogen-bond acceptors (Lipinski definition) is 2. The standard InChI is InChI=1S/C10H11BrClNO/c11-8-2-1-7(9(12)3-8)4-10(14)5-13-6-10/h1-3,13-14H,4-6H2. The van der Waals surface area contributed by atoms with Crippen molar-refractivity contribution in [3.05, 3.63) is 33.3 Å². The number of benzene rings is 1. The van der Waals surface area contributed by atoms with Crippen LogP contribution in [0.3, 0.4) is 0 Å². The Hall–Kier alpha value is -0.0900.